The molecule has 0 radical (unpaired) electrons. The number of aromatic nitrogens is 2. The molecule has 1 aliphatic rings. The summed E-state index contributed by atoms with van der Waals surface area (Å²) in [5, 5.41) is 8.20. The molecule has 28 heavy (non-hydrogen) atoms. The molecule has 2 aromatic carbocycles. The maximum atomic E-state index is 13.8. The third-order valence-electron chi connectivity index (χ3n) is 5.16. The van der Waals surface area contributed by atoms with Crippen LogP contribution in [0, 0.1) is 5.82 Å². The molecule has 3 aromatic rings. The van der Waals surface area contributed by atoms with Gasteiger partial charge in [0.15, 0.2) is 0 Å². The molecule has 4 rings (SSSR count). The third-order valence-corrected chi connectivity index (χ3v) is 5.16. The Kier molecular flexibility index (Phi) is 4.74. The predicted molar refractivity (Wildman–Crippen MR) is 101 cm³/mol. The molecule has 1 aromatic heterocycles. The van der Waals surface area contributed by atoms with E-state index in [4.69, 9.17) is 0 Å². The number of hydrogen-bond donors (Lipinski definition) is 1. The van der Waals surface area contributed by atoms with E-state index >= 15 is 0 Å². The standard InChI is InChI=1S/C20H20F4N4/c1-27-18-12-16(28(20(22,23)24)15-7-9-25-10-8-15)5-6-17(18)19(26-27)13-3-2-4-14(21)11-13/h2-6,11-12,15,25H,7-10H2,1H3. The van der Waals surface area contributed by atoms with Crippen LogP contribution in [0.2, 0.25) is 0 Å². The lowest BCUT2D eigenvalue weighted by Gasteiger charge is -2.37. The number of halogens is 4. The van der Waals surface area contributed by atoms with Gasteiger partial charge in [-0.3, -0.25) is 9.58 Å². The molecule has 1 fully saturated rings. The first kappa shape index (κ1) is 18.7. The maximum Gasteiger partial charge on any atom is 0.485 e. The van der Waals surface area contributed by atoms with Crippen LogP contribution in [-0.2, 0) is 7.05 Å². The molecule has 8 heteroatoms. The van der Waals surface area contributed by atoms with Crippen molar-refractivity contribution in [1.82, 2.24) is 15.1 Å². The van der Waals surface area contributed by atoms with Gasteiger partial charge in [-0.2, -0.15) is 18.3 Å². The third kappa shape index (κ3) is 3.44. The van der Waals surface area contributed by atoms with Crippen LogP contribution in [0.3, 0.4) is 0 Å². The van der Waals surface area contributed by atoms with Crippen molar-refractivity contribution < 1.29 is 17.6 Å². The number of piperidine rings is 1. The molecule has 2 heterocycles. The van der Waals surface area contributed by atoms with Gasteiger partial charge in [-0.05, 0) is 56.3 Å². The van der Waals surface area contributed by atoms with Crippen LogP contribution < -0.4 is 10.2 Å². The molecule has 1 N–H and O–H groups in total. The fourth-order valence-electron chi connectivity index (χ4n) is 3.87. The summed E-state index contributed by atoms with van der Waals surface area (Å²) in [6, 6.07) is 10.0. The van der Waals surface area contributed by atoms with E-state index in [1.807, 2.05) is 0 Å². The van der Waals surface area contributed by atoms with E-state index < -0.39 is 12.3 Å². The molecule has 0 spiro atoms. The first-order valence-corrected chi connectivity index (χ1v) is 9.14. The van der Waals surface area contributed by atoms with Crippen LogP contribution in [0.5, 0.6) is 0 Å². The van der Waals surface area contributed by atoms with E-state index in [0.717, 1.165) is 0 Å². The van der Waals surface area contributed by atoms with Crippen molar-refractivity contribution in [2.24, 2.45) is 7.05 Å². The number of aryl methyl sites for hydroxylation is 1. The Balaban J connectivity index is 1.80. The smallest absolute Gasteiger partial charge is 0.317 e. The summed E-state index contributed by atoms with van der Waals surface area (Å²) >= 11 is 0. The molecule has 0 saturated carbocycles. The van der Waals surface area contributed by atoms with E-state index in [2.05, 4.69) is 10.4 Å². The number of hydrogen-bond acceptors (Lipinski definition) is 3. The minimum Gasteiger partial charge on any atom is -0.317 e. The van der Waals surface area contributed by atoms with Crippen molar-refractivity contribution in [1.29, 1.82) is 0 Å². The molecule has 148 valence electrons. The van der Waals surface area contributed by atoms with E-state index in [1.165, 1.54) is 28.9 Å². The summed E-state index contributed by atoms with van der Waals surface area (Å²) < 4.78 is 56.7. The van der Waals surface area contributed by atoms with Crippen molar-refractivity contribution >= 4 is 16.6 Å². The highest BCUT2D eigenvalue weighted by molar-refractivity contribution is 5.95. The summed E-state index contributed by atoms with van der Waals surface area (Å²) in [5.74, 6) is -0.387. The fourth-order valence-corrected chi connectivity index (χ4v) is 3.87. The minimum absolute atomic E-state index is 0.0979. The number of alkyl halides is 3. The summed E-state index contributed by atoms with van der Waals surface area (Å²) in [4.78, 5) is 0.558. The Hall–Kier alpha value is -2.61. The molecule has 0 unspecified atom stereocenters. The average Bonchev–Trinajstić information content (AvgIpc) is 2.98. The van der Waals surface area contributed by atoms with Gasteiger partial charge in [-0.1, -0.05) is 12.1 Å². The highest BCUT2D eigenvalue weighted by Crippen LogP contribution is 2.37. The maximum absolute atomic E-state index is 13.8. The molecule has 0 amide bonds. The summed E-state index contributed by atoms with van der Waals surface area (Å²) in [6.45, 7) is 1.13. The first-order valence-electron chi connectivity index (χ1n) is 9.14. The van der Waals surface area contributed by atoms with Gasteiger partial charge in [0.25, 0.3) is 0 Å². The van der Waals surface area contributed by atoms with Crippen LogP contribution >= 0.6 is 0 Å². The zero-order chi connectivity index (χ0) is 19.9. The van der Waals surface area contributed by atoms with Crippen LogP contribution in [0.1, 0.15) is 12.8 Å². The molecule has 0 bridgehead atoms. The molecule has 1 saturated heterocycles. The van der Waals surface area contributed by atoms with E-state index in [-0.39, 0.29) is 11.5 Å². The highest BCUT2D eigenvalue weighted by Gasteiger charge is 2.42. The monoisotopic (exact) mass is 392 g/mol. The van der Waals surface area contributed by atoms with E-state index in [0.29, 0.717) is 53.0 Å². The predicted octanol–water partition coefficient (Wildman–Crippen LogP) is 4.46. The zero-order valence-electron chi connectivity index (χ0n) is 15.3. The molecule has 4 nitrogen and oxygen atoms in total. The Bertz CT molecular complexity index is 990. The lowest BCUT2D eigenvalue weighted by molar-refractivity contribution is -0.136. The molecule has 0 aliphatic carbocycles. The average molecular weight is 392 g/mol. The van der Waals surface area contributed by atoms with E-state index in [1.54, 1.807) is 25.2 Å². The van der Waals surface area contributed by atoms with Crippen molar-refractivity contribution in [3.8, 4) is 11.3 Å². The topological polar surface area (TPSA) is 33.1 Å². The minimum atomic E-state index is -4.47. The van der Waals surface area contributed by atoms with Crippen molar-refractivity contribution in [3.05, 3.63) is 48.3 Å². The summed E-state index contributed by atoms with van der Waals surface area (Å²) in [6.07, 6.45) is -3.62. The highest BCUT2D eigenvalue weighted by atomic mass is 19.4. The van der Waals surface area contributed by atoms with Gasteiger partial charge in [-0.25, -0.2) is 4.39 Å². The van der Waals surface area contributed by atoms with Gasteiger partial charge in [0.2, 0.25) is 0 Å². The lowest BCUT2D eigenvalue weighted by atomic mass is 10.0. The molecule has 1 aliphatic heterocycles. The second-order valence-corrected chi connectivity index (χ2v) is 7.00. The van der Waals surface area contributed by atoms with Crippen LogP contribution in [0.15, 0.2) is 42.5 Å². The number of anilines is 1. The second-order valence-electron chi connectivity index (χ2n) is 7.00. The molecule has 0 atom stereocenters. The van der Waals surface area contributed by atoms with Gasteiger partial charge in [-0.15, -0.1) is 0 Å². The van der Waals surface area contributed by atoms with Crippen LogP contribution in [-0.4, -0.2) is 35.2 Å². The van der Waals surface area contributed by atoms with Crippen molar-refractivity contribution in [2.45, 2.75) is 25.2 Å². The van der Waals surface area contributed by atoms with Gasteiger partial charge in [0.1, 0.15) is 11.5 Å². The Morgan fingerprint density at radius 2 is 1.86 bits per heavy atom. The van der Waals surface area contributed by atoms with Gasteiger partial charge < -0.3 is 5.32 Å². The Morgan fingerprint density at radius 1 is 1.11 bits per heavy atom. The Morgan fingerprint density at radius 3 is 2.54 bits per heavy atom. The lowest BCUT2D eigenvalue weighted by Crippen LogP contribution is -2.50. The van der Waals surface area contributed by atoms with Gasteiger partial charge >= 0.3 is 6.30 Å². The first-order chi connectivity index (χ1) is 13.3. The number of benzene rings is 2. The van der Waals surface area contributed by atoms with Crippen LogP contribution in [0.25, 0.3) is 22.2 Å². The zero-order valence-corrected chi connectivity index (χ0v) is 15.3. The number of rotatable bonds is 3. The van der Waals surface area contributed by atoms with Gasteiger partial charge in [0, 0.05) is 29.7 Å². The van der Waals surface area contributed by atoms with Crippen LogP contribution in [0.4, 0.5) is 23.2 Å². The van der Waals surface area contributed by atoms with Crippen molar-refractivity contribution in [2.75, 3.05) is 18.0 Å². The fraction of sp³-hybridized carbons (Fsp3) is 0.350. The SMILES string of the molecule is Cn1nc(-c2cccc(F)c2)c2ccc(N(C3CCNCC3)C(F)(F)F)cc21. The Labute approximate surface area is 159 Å². The second kappa shape index (κ2) is 7.09. The molecular weight excluding hydrogens is 372 g/mol. The summed E-state index contributed by atoms with van der Waals surface area (Å²) in [5.41, 5.74) is 1.80. The number of nitrogens with one attached hydrogen (secondary N) is 1. The van der Waals surface area contributed by atoms with Gasteiger partial charge in [0.05, 0.1) is 5.52 Å². The number of nitrogens with zero attached hydrogens (tertiary/aromatic N) is 3. The number of fused-ring (bicyclic) bond motifs is 1. The quantitative estimate of drug-likeness (QED) is 0.528. The normalized spacial score (nSPS) is 15.9. The largest absolute Gasteiger partial charge is 0.485 e. The van der Waals surface area contributed by atoms with E-state index in [9.17, 15) is 17.6 Å². The molecular formula is C20H20F4N4. The van der Waals surface area contributed by atoms with Crippen molar-refractivity contribution in [3.63, 3.8) is 0 Å². The summed E-state index contributed by atoms with van der Waals surface area (Å²) in [7, 11) is 1.68.